The van der Waals surface area contributed by atoms with Gasteiger partial charge in [-0.15, -0.1) is 0 Å². The summed E-state index contributed by atoms with van der Waals surface area (Å²) < 4.78 is 0. The summed E-state index contributed by atoms with van der Waals surface area (Å²) in [6.45, 7) is 7.15. The fraction of sp³-hybridized carbons (Fsp3) is 0.333. The van der Waals surface area contributed by atoms with Crippen LogP contribution in [0.3, 0.4) is 0 Å². The van der Waals surface area contributed by atoms with Crippen LogP contribution in [0.5, 0.6) is 0 Å². The topological polar surface area (TPSA) is 20.2 Å². The summed E-state index contributed by atoms with van der Waals surface area (Å²) in [5.41, 5.74) is 2.16. The van der Waals surface area contributed by atoms with Gasteiger partial charge in [0.15, 0.2) is 0 Å². The zero-order valence-corrected chi connectivity index (χ0v) is 6.06. The molecule has 54 valence electrons. The third-order valence-corrected chi connectivity index (χ3v) is 1.86. The maximum Gasteiger partial charge on any atom is 0.111 e. The normalized spacial score (nSPS) is 17.6. The van der Waals surface area contributed by atoms with Gasteiger partial charge in [0.05, 0.1) is 0 Å². The Morgan fingerprint density at radius 2 is 2.20 bits per heavy atom. The molecular formula is C9H12O. The third kappa shape index (κ3) is 1.13. The second kappa shape index (κ2) is 2.74. The Morgan fingerprint density at radius 3 is 2.60 bits per heavy atom. The SMILES string of the molecule is C=CC1=C(C(=C)O)CCC1. The van der Waals surface area contributed by atoms with Gasteiger partial charge in [-0.05, 0) is 30.4 Å². The molecular weight excluding hydrogens is 124 g/mol. The van der Waals surface area contributed by atoms with E-state index in [1.165, 1.54) is 0 Å². The van der Waals surface area contributed by atoms with Gasteiger partial charge >= 0.3 is 0 Å². The molecule has 1 aliphatic rings. The van der Waals surface area contributed by atoms with Crippen molar-refractivity contribution in [3.05, 3.63) is 36.1 Å². The van der Waals surface area contributed by atoms with Crippen LogP contribution in [0, 0.1) is 0 Å². The molecule has 0 aromatic rings. The lowest BCUT2D eigenvalue weighted by atomic mass is 10.1. The van der Waals surface area contributed by atoms with Gasteiger partial charge in [0.1, 0.15) is 5.76 Å². The predicted molar refractivity (Wildman–Crippen MR) is 42.8 cm³/mol. The first-order chi connectivity index (χ1) is 4.75. The van der Waals surface area contributed by atoms with Crippen LogP contribution < -0.4 is 0 Å². The van der Waals surface area contributed by atoms with Crippen molar-refractivity contribution in [2.24, 2.45) is 0 Å². The molecule has 0 spiro atoms. The Labute approximate surface area is 61.4 Å². The van der Waals surface area contributed by atoms with Crippen molar-refractivity contribution in [1.82, 2.24) is 0 Å². The largest absolute Gasteiger partial charge is 0.508 e. The van der Waals surface area contributed by atoms with E-state index in [2.05, 4.69) is 13.2 Å². The van der Waals surface area contributed by atoms with Crippen LogP contribution in [-0.4, -0.2) is 5.11 Å². The minimum absolute atomic E-state index is 0.215. The Hall–Kier alpha value is -0.980. The molecule has 0 heterocycles. The molecule has 0 saturated carbocycles. The summed E-state index contributed by atoms with van der Waals surface area (Å²) in [5, 5.41) is 9.05. The van der Waals surface area contributed by atoms with Crippen LogP contribution in [-0.2, 0) is 0 Å². The molecule has 0 fully saturated rings. The van der Waals surface area contributed by atoms with Crippen molar-refractivity contribution in [2.75, 3.05) is 0 Å². The van der Waals surface area contributed by atoms with Crippen molar-refractivity contribution in [3.8, 4) is 0 Å². The molecule has 1 heteroatoms. The van der Waals surface area contributed by atoms with E-state index in [0.717, 1.165) is 30.4 Å². The number of rotatable bonds is 2. The van der Waals surface area contributed by atoms with Gasteiger partial charge in [0.2, 0.25) is 0 Å². The molecule has 0 saturated heterocycles. The highest BCUT2D eigenvalue weighted by Crippen LogP contribution is 2.29. The van der Waals surface area contributed by atoms with E-state index in [1.54, 1.807) is 0 Å². The molecule has 0 aromatic heterocycles. The van der Waals surface area contributed by atoms with E-state index < -0.39 is 0 Å². The lowest BCUT2D eigenvalue weighted by Crippen LogP contribution is -1.83. The Kier molecular flexibility index (Phi) is 1.95. The summed E-state index contributed by atoms with van der Waals surface area (Å²) in [6.07, 6.45) is 4.93. The first-order valence-corrected chi connectivity index (χ1v) is 3.48. The number of aliphatic hydroxyl groups is 1. The van der Waals surface area contributed by atoms with Gasteiger partial charge in [0, 0.05) is 0 Å². The third-order valence-electron chi connectivity index (χ3n) is 1.86. The maximum atomic E-state index is 9.05. The van der Waals surface area contributed by atoms with Crippen molar-refractivity contribution < 1.29 is 5.11 Å². The molecule has 0 unspecified atom stereocenters. The first kappa shape index (κ1) is 7.13. The summed E-state index contributed by atoms with van der Waals surface area (Å²) in [7, 11) is 0. The highest BCUT2D eigenvalue weighted by molar-refractivity contribution is 5.37. The molecule has 0 aliphatic heterocycles. The van der Waals surface area contributed by atoms with Gasteiger partial charge < -0.3 is 5.11 Å². The van der Waals surface area contributed by atoms with Crippen LogP contribution in [0.1, 0.15) is 19.3 Å². The molecule has 0 atom stereocenters. The summed E-state index contributed by atoms with van der Waals surface area (Å²) in [6, 6.07) is 0. The zero-order valence-electron chi connectivity index (χ0n) is 6.06. The average molecular weight is 136 g/mol. The molecule has 1 rings (SSSR count). The zero-order chi connectivity index (χ0) is 7.56. The Morgan fingerprint density at radius 1 is 1.50 bits per heavy atom. The lowest BCUT2D eigenvalue weighted by Gasteiger charge is -1.98. The van der Waals surface area contributed by atoms with Crippen LogP contribution >= 0.6 is 0 Å². The number of hydrogen-bond acceptors (Lipinski definition) is 1. The summed E-state index contributed by atoms with van der Waals surface area (Å²) >= 11 is 0. The van der Waals surface area contributed by atoms with E-state index in [0.29, 0.717) is 0 Å². The van der Waals surface area contributed by atoms with E-state index in [-0.39, 0.29) is 5.76 Å². The molecule has 1 N–H and O–H groups in total. The number of aliphatic hydroxyl groups excluding tert-OH is 1. The number of hydrogen-bond donors (Lipinski definition) is 1. The van der Waals surface area contributed by atoms with E-state index in [1.807, 2.05) is 6.08 Å². The molecule has 0 aromatic carbocycles. The standard InChI is InChI=1S/C9H12O/c1-3-8-5-4-6-9(8)7(2)10/h3,10H,1-2,4-6H2. The number of allylic oxidation sites excluding steroid dienone is 3. The highest BCUT2D eigenvalue weighted by atomic mass is 16.3. The van der Waals surface area contributed by atoms with Crippen molar-refractivity contribution in [1.29, 1.82) is 0 Å². The molecule has 1 nitrogen and oxygen atoms in total. The molecule has 0 bridgehead atoms. The minimum atomic E-state index is 0.215. The van der Waals surface area contributed by atoms with Crippen LogP contribution in [0.25, 0.3) is 0 Å². The van der Waals surface area contributed by atoms with Crippen LogP contribution in [0.4, 0.5) is 0 Å². The first-order valence-electron chi connectivity index (χ1n) is 3.48. The van der Waals surface area contributed by atoms with Crippen molar-refractivity contribution >= 4 is 0 Å². The molecule has 0 radical (unpaired) electrons. The molecule has 0 amide bonds. The second-order valence-electron chi connectivity index (χ2n) is 2.51. The van der Waals surface area contributed by atoms with Crippen molar-refractivity contribution in [2.45, 2.75) is 19.3 Å². The van der Waals surface area contributed by atoms with E-state index in [9.17, 15) is 0 Å². The predicted octanol–water partition coefficient (Wildman–Crippen LogP) is 2.72. The highest BCUT2D eigenvalue weighted by Gasteiger charge is 2.13. The average Bonchev–Trinajstić information content (AvgIpc) is 2.33. The fourth-order valence-electron chi connectivity index (χ4n) is 1.32. The van der Waals surface area contributed by atoms with Crippen molar-refractivity contribution in [3.63, 3.8) is 0 Å². The van der Waals surface area contributed by atoms with Gasteiger partial charge in [0.25, 0.3) is 0 Å². The Balaban J connectivity index is 2.88. The lowest BCUT2D eigenvalue weighted by molar-refractivity contribution is 0.423. The fourth-order valence-corrected chi connectivity index (χ4v) is 1.32. The monoisotopic (exact) mass is 136 g/mol. The molecule has 10 heavy (non-hydrogen) atoms. The van der Waals surface area contributed by atoms with Gasteiger partial charge in [-0.2, -0.15) is 0 Å². The minimum Gasteiger partial charge on any atom is -0.508 e. The maximum absolute atomic E-state index is 9.05. The summed E-state index contributed by atoms with van der Waals surface area (Å²) in [4.78, 5) is 0. The van der Waals surface area contributed by atoms with Crippen LogP contribution in [0.2, 0.25) is 0 Å². The quantitative estimate of drug-likeness (QED) is 0.579. The van der Waals surface area contributed by atoms with Gasteiger partial charge in [-0.3, -0.25) is 0 Å². The second-order valence-corrected chi connectivity index (χ2v) is 2.51. The van der Waals surface area contributed by atoms with Crippen LogP contribution in [0.15, 0.2) is 36.1 Å². The Bertz CT molecular complexity index is 199. The van der Waals surface area contributed by atoms with Gasteiger partial charge in [-0.1, -0.05) is 19.2 Å². The van der Waals surface area contributed by atoms with Gasteiger partial charge in [-0.25, -0.2) is 0 Å². The smallest absolute Gasteiger partial charge is 0.111 e. The van der Waals surface area contributed by atoms with E-state index >= 15 is 0 Å². The van der Waals surface area contributed by atoms with E-state index in [4.69, 9.17) is 5.11 Å². The molecule has 1 aliphatic carbocycles. The summed E-state index contributed by atoms with van der Waals surface area (Å²) in [5.74, 6) is 0.215.